The maximum atomic E-state index is 11.9. The van der Waals surface area contributed by atoms with E-state index in [1.165, 1.54) is 0 Å². The highest BCUT2D eigenvalue weighted by molar-refractivity contribution is 5.94. The number of nitrogens with one attached hydrogen (secondary N) is 2. The van der Waals surface area contributed by atoms with Crippen LogP contribution in [0.15, 0.2) is 79.0 Å². The number of urea groups is 1. The van der Waals surface area contributed by atoms with E-state index in [-0.39, 0.29) is 6.03 Å². The number of hydrogen-bond donors (Lipinski definition) is 2. The SMILES string of the molecule is O=C(N/C=C/c1ccccc1)Nc1ccc2ccccc2c1. The largest absolute Gasteiger partial charge is 0.323 e. The molecule has 22 heavy (non-hydrogen) atoms. The van der Waals surface area contributed by atoms with Gasteiger partial charge in [-0.1, -0.05) is 60.7 Å². The third-order valence-corrected chi connectivity index (χ3v) is 3.30. The predicted molar refractivity (Wildman–Crippen MR) is 91.6 cm³/mol. The highest BCUT2D eigenvalue weighted by Gasteiger charge is 2.00. The molecule has 0 fully saturated rings. The van der Waals surface area contributed by atoms with Crippen LogP contribution in [0.4, 0.5) is 10.5 Å². The maximum absolute atomic E-state index is 11.9. The molecule has 0 unspecified atom stereocenters. The highest BCUT2D eigenvalue weighted by atomic mass is 16.2. The first-order chi connectivity index (χ1) is 10.8. The first kappa shape index (κ1) is 13.9. The van der Waals surface area contributed by atoms with E-state index in [0.29, 0.717) is 0 Å². The van der Waals surface area contributed by atoms with E-state index in [1.807, 2.05) is 78.9 Å². The van der Waals surface area contributed by atoms with Crippen molar-refractivity contribution < 1.29 is 4.79 Å². The van der Waals surface area contributed by atoms with Crippen LogP contribution in [-0.4, -0.2) is 6.03 Å². The third kappa shape index (κ3) is 3.52. The van der Waals surface area contributed by atoms with E-state index >= 15 is 0 Å². The summed E-state index contributed by atoms with van der Waals surface area (Å²) >= 11 is 0. The van der Waals surface area contributed by atoms with Crippen molar-refractivity contribution in [2.24, 2.45) is 0 Å². The molecule has 0 saturated heterocycles. The summed E-state index contributed by atoms with van der Waals surface area (Å²) in [7, 11) is 0. The van der Waals surface area contributed by atoms with Gasteiger partial charge in [-0.2, -0.15) is 0 Å². The van der Waals surface area contributed by atoms with Gasteiger partial charge in [-0.3, -0.25) is 0 Å². The molecule has 0 atom stereocenters. The van der Waals surface area contributed by atoms with Crippen molar-refractivity contribution in [3.63, 3.8) is 0 Å². The van der Waals surface area contributed by atoms with Gasteiger partial charge in [0.1, 0.15) is 0 Å². The Morgan fingerprint density at radius 2 is 1.55 bits per heavy atom. The second kappa shape index (κ2) is 6.59. The van der Waals surface area contributed by atoms with Gasteiger partial charge < -0.3 is 10.6 Å². The summed E-state index contributed by atoms with van der Waals surface area (Å²) in [6.07, 6.45) is 3.48. The van der Waals surface area contributed by atoms with Gasteiger partial charge in [0.25, 0.3) is 0 Å². The lowest BCUT2D eigenvalue weighted by Crippen LogP contribution is -2.23. The zero-order valence-corrected chi connectivity index (χ0v) is 12.0. The fourth-order valence-corrected chi connectivity index (χ4v) is 2.21. The molecule has 0 radical (unpaired) electrons. The summed E-state index contributed by atoms with van der Waals surface area (Å²) in [5.74, 6) is 0. The van der Waals surface area contributed by atoms with E-state index in [0.717, 1.165) is 22.0 Å². The van der Waals surface area contributed by atoms with Gasteiger partial charge in [0, 0.05) is 11.9 Å². The molecular formula is C19H16N2O. The van der Waals surface area contributed by atoms with Crippen molar-refractivity contribution in [1.29, 1.82) is 0 Å². The molecule has 3 rings (SSSR count). The average molecular weight is 288 g/mol. The van der Waals surface area contributed by atoms with Gasteiger partial charge >= 0.3 is 6.03 Å². The first-order valence-electron chi connectivity index (χ1n) is 7.09. The molecule has 108 valence electrons. The molecule has 0 spiro atoms. The molecule has 2 N–H and O–H groups in total. The minimum Gasteiger partial charge on any atom is -0.314 e. The second-order valence-electron chi connectivity index (χ2n) is 4.90. The zero-order valence-electron chi connectivity index (χ0n) is 12.0. The minimum atomic E-state index is -0.262. The first-order valence-corrected chi connectivity index (χ1v) is 7.09. The van der Waals surface area contributed by atoms with E-state index in [4.69, 9.17) is 0 Å². The fourth-order valence-electron chi connectivity index (χ4n) is 2.21. The number of benzene rings is 3. The Morgan fingerprint density at radius 3 is 2.36 bits per heavy atom. The summed E-state index contributed by atoms with van der Waals surface area (Å²) in [6, 6.07) is 23.4. The predicted octanol–water partition coefficient (Wildman–Crippen LogP) is 4.63. The van der Waals surface area contributed by atoms with Gasteiger partial charge in [0.05, 0.1) is 0 Å². The van der Waals surface area contributed by atoms with Crippen LogP contribution in [0.1, 0.15) is 5.56 Å². The lowest BCUT2D eigenvalue weighted by atomic mass is 10.1. The quantitative estimate of drug-likeness (QED) is 0.724. The molecule has 0 heterocycles. The van der Waals surface area contributed by atoms with Crippen LogP contribution < -0.4 is 10.6 Å². The lowest BCUT2D eigenvalue weighted by molar-refractivity contribution is 0.255. The summed E-state index contributed by atoms with van der Waals surface area (Å²) in [5, 5.41) is 7.76. The molecule has 2 amide bonds. The van der Waals surface area contributed by atoms with Crippen molar-refractivity contribution >= 4 is 28.6 Å². The molecule has 0 aliphatic carbocycles. The van der Waals surface area contributed by atoms with Crippen molar-refractivity contribution in [2.75, 3.05) is 5.32 Å². The molecule has 3 nitrogen and oxygen atoms in total. The van der Waals surface area contributed by atoms with Crippen molar-refractivity contribution in [3.05, 3.63) is 84.6 Å². The Kier molecular flexibility index (Phi) is 4.16. The molecule has 0 bridgehead atoms. The van der Waals surface area contributed by atoms with Crippen LogP contribution in [0.25, 0.3) is 16.8 Å². The molecule has 3 aromatic rings. The topological polar surface area (TPSA) is 41.1 Å². The smallest absolute Gasteiger partial charge is 0.314 e. The molecule has 0 saturated carbocycles. The number of rotatable bonds is 3. The van der Waals surface area contributed by atoms with Gasteiger partial charge in [0.2, 0.25) is 0 Å². The minimum absolute atomic E-state index is 0.262. The van der Waals surface area contributed by atoms with Crippen molar-refractivity contribution in [2.45, 2.75) is 0 Å². The molecule has 0 aliphatic rings. The number of hydrogen-bond acceptors (Lipinski definition) is 1. The summed E-state index contributed by atoms with van der Waals surface area (Å²) in [5.41, 5.74) is 1.80. The zero-order chi connectivity index (χ0) is 15.2. The third-order valence-electron chi connectivity index (χ3n) is 3.30. The van der Waals surface area contributed by atoms with Crippen LogP contribution in [-0.2, 0) is 0 Å². The lowest BCUT2D eigenvalue weighted by Gasteiger charge is -2.06. The van der Waals surface area contributed by atoms with Gasteiger partial charge in [-0.15, -0.1) is 0 Å². The molecule has 3 aromatic carbocycles. The summed E-state index contributed by atoms with van der Waals surface area (Å²) < 4.78 is 0. The molecule has 0 aromatic heterocycles. The normalized spacial score (nSPS) is 10.7. The molecule has 3 heteroatoms. The van der Waals surface area contributed by atoms with E-state index < -0.39 is 0 Å². The van der Waals surface area contributed by atoms with Crippen molar-refractivity contribution in [3.8, 4) is 0 Å². The van der Waals surface area contributed by atoms with Gasteiger partial charge in [-0.05, 0) is 34.5 Å². The molecule has 0 aliphatic heterocycles. The Bertz CT molecular complexity index is 810. The van der Waals surface area contributed by atoms with Crippen LogP contribution >= 0.6 is 0 Å². The maximum Gasteiger partial charge on any atom is 0.323 e. The molecular weight excluding hydrogens is 272 g/mol. The Hall–Kier alpha value is -3.07. The van der Waals surface area contributed by atoms with Gasteiger partial charge in [-0.25, -0.2) is 4.79 Å². The number of amides is 2. The number of carbonyl (C=O) groups excluding carboxylic acids is 1. The van der Waals surface area contributed by atoms with Crippen molar-refractivity contribution in [1.82, 2.24) is 5.32 Å². The van der Waals surface area contributed by atoms with Crippen LogP contribution in [0.3, 0.4) is 0 Å². The Balaban J connectivity index is 1.62. The van der Waals surface area contributed by atoms with Crippen LogP contribution in [0.2, 0.25) is 0 Å². The van der Waals surface area contributed by atoms with Crippen LogP contribution in [0.5, 0.6) is 0 Å². The average Bonchev–Trinajstić information content (AvgIpc) is 2.56. The Labute approximate surface area is 129 Å². The second-order valence-corrected chi connectivity index (χ2v) is 4.90. The standard InChI is InChI=1S/C19H16N2O/c22-19(20-13-12-15-6-2-1-3-7-15)21-18-11-10-16-8-4-5-9-17(16)14-18/h1-14H,(H2,20,21,22)/b13-12+. The van der Waals surface area contributed by atoms with E-state index in [9.17, 15) is 4.79 Å². The van der Waals surface area contributed by atoms with E-state index in [2.05, 4.69) is 10.6 Å². The number of fused-ring (bicyclic) bond motifs is 1. The number of anilines is 1. The Morgan fingerprint density at radius 1 is 0.818 bits per heavy atom. The summed E-state index contributed by atoms with van der Waals surface area (Å²) in [4.78, 5) is 11.9. The highest BCUT2D eigenvalue weighted by Crippen LogP contribution is 2.18. The van der Waals surface area contributed by atoms with Gasteiger partial charge in [0.15, 0.2) is 0 Å². The van der Waals surface area contributed by atoms with Crippen LogP contribution in [0, 0.1) is 0 Å². The monoisotopic (exact) mass is 288 g/mol. The van der Waals surface area contributed by atoms with E-state index in [1.54, 1.807) is 6.20 Å². The fraction of sp³-hybridized carbons (Fsp3) is 0. The summed E-state index contributed by atoms with van der Waals surface area (Å²) in [6.45, 7) is 0. The number of carbonyl (C=O) groups is 1.